The highest BCUT2D eigenvalue weighted by molar-refractivity contribution is 5.82. The number of amides is 1. The molecule has 0 unspecified atom stereocenters. The van der Waals surface area contributed by atoms with E-state index in [4.69, 9.17) is 5.73 Å². The Bertz CT molecular complexity index is 634. The van der Waals surface area contributed by atoms with Gasteiger partial charge in [-0.25, -0.2) is 0 Å². The van der Waals surface area contributed by atoms with E-state index >= 15 is 0 Å². The summed E-state index contributed by atoms with van der Waals surface area (Å²) in [5.41, 5.74) is 7.93. The second-order valence-electron chi connectivity index (χ2n) is 5.18. The van der Waals surface area contributed by atoms with Gasteiger partial charge in [0.15, 0.2) is 0 Å². The average Bonchev–Trinajstić information content (AvgIpc) is 2.56. The van der Waals surface area contributed by atoms with Crippen LogP contribution in [0.1, 0.15) is 11.1 Å². The molecule has 2 rings (SSSR count). The van der Waals surface area contributed by atoms with E-state index in [1.165, 1.54) is 0 Å². The number of nitrogens with one attached hydrogen (secondary N) is 1. The van der Waals surface area contributed by atoms with Crippen molar-refractivity contribution in [3.63, 3.8) is 0 Å². The summed E-state index contributed by atoms with van der Waals surface area (Å²) in [5, 5.41) is 11.9. The highest BCUT2D eigenvalue weighted by atomic mass is 16.2. The second-order valence-corrected chi connectivity index (χ2v) is 5.18. The Labute approximate surface area is 130 Å². The Morgan fingerprint density at radius 1 is 1.00 bits per heavy atom. The summed E-state index contributed by atoms with van der Waals surface area (Å²) in [6.45, 7) is 0. The molecule has 22 heavy (non-hydrogen) atoms. The quantitative estimate of drug-likeness (QED) is 0.852. The van der Waals surface area contributed by atoms with Crippen molar-refractivity contribution < 1.29 is 4.79 Å². The fourth-order valence-corrected chi connectivity index (χ4v) is 2.22. The molecule has 0 aromatic heterocycles. The summed E-state index contributed by atoms with van der Waals surface area (Å²) in [7, 11) is 0. The Hall–Kier alpha value is -2.64. The fraction of sp³-hybridized carbons (Fsp3) is 0.222. The summed E-state index contributed by atoms with van der Waals surface area (Å²) >= 11 is 0. The van der Waals surface area contributed by atoms with Gasteiger partial charge in [0.05, 0.1) is 12.1 Å². The maximum absolute atomic E-state index is 12.1. The molecule has 112 valence electrons. The molecule has 0 aliphatic rings. The summed E-state index contributed by atoms with van der Waals surface area (Å²) in [5.74, 6) is -0.300. The highest BCUT2D eigenvalue weighted by Crippen LogP contribution is 2.05. The van der Waals surface area contributed by atoms with E-state index in [1.54, 1.807) is 0 Å². The number of hydrogen-bond acceptors (Lipinski definition) is 3. The fourth-order valence-electron chi connectivity index (χ4n) is 2.22. The van der Waals surface area contributed by atoms with Crippen LogP contribution in [0.4, 0.5) is 0 Å². The van der Waals surface area contributed by atoms with Crippen LogP contribution >= 0.6 is 0 Å². The van der Waals surface area contributed by atoms with Crippen LogP contribution in [-0.4, -0.2) is 18.0 Å². The van der Waals surface area contributed by atoms with E-state index in [9.17, 15) is 10.1 Å². The zero-order valence-corrected chi connectivity index (χ0v) is 12.3. The number of nitrogens with two attached hydrogens (primary N) is 1. The SMILES string of the molecule is N#C[C@H](Cc1ccccc1)NC(=O)[C@@H](N)Cc1ccccc1. The van der Waals surface area contributed by atoms with Crippen molar-refractivity contribution in [1.82, 2.24) is 5.32 Å². The molecule has 2 atom stereocenters. The lowest BCUT2D eigenvalue weighted by Gasteiger charge is -2.16. The predicted molar refractivity (Wildman–Crippen MR) is 85.8 cm³/mol. The number of nitrogens with zero attached hydrogens (tertiary/aromatic N) is 1. The minimum absolute atomic E-state index is 0.300. The van der Waals surface area contributed by atoms with E-state index in [0.29, 0.717) is 12.8 Å². The Kier molecular flexibility index (Phi) is 5.70. The van der Waals surface area contributed by atoms with Crippen molar-refractivity contribution in [3.05, 3.63) is 71.8 Å². The maximum atomic E-state index is 12.1. The first kappa shape index (κ1) is 15.7. The van der Waals surface area contributed by atoms with Gasteiger partial charge in [-0.05, 0) is 17.5 Å². The van der Waals surface area contributed by atoms with E-state index < -0.39 is 12.1 Å². The molecule has 0 aliphatic carbocycles. The van der Waals surface area contributed by atoms with Crippen LogP contribution in [0.15, 0.2) is 60.7 Å². The lowest BCUT2D eigenvalue weighted by atomic mass is 10.0. The molecule has 0 radical (unpaired) electrons. The second kappa shape index (κ2) is 7.96. The standard InChI is InChI=1S/C18H19N3O/c19-13-16(11-14-7-3-1-4-8-14)21-18(22)17(20)12-15-9-5-2-6-10-15/h1-10,16-17H,11-12,20H2,(H,21,22)/t16-,17-/m0/s1. The van der Waals surface area contributed by atoms with Crippen molar-refractivity contribution in [2.24, 2.45) is 5.73 Å². The highest BCUT2D eigenvalue weighted by Gasteiger charge is 2.18. The minimum atomic E-state index is -0.658. The first-order chi connectivity index (χ1) is 10.7. The molecule has 0 spiro atoms. The van der Waals surface area contributed by atoms with Crippen LogP contribution in [0.2, 0.25) is 0 Å². The number of hydrogen-bond donors (Lipinski definition) is 2. The van der Waals surface area contributed by atoms with Crippen LogP contribution in [0, 0.1) is 11.3 Å². The molecular formula is C18H19N3O. The third-order valence-corrected chi connectivity index (χ3v) is 3.39. The summed E-state index contributed by atoms with van der Waals surface area (Å²) < 4.78 is 0. The normalized spacial score (nSPS) is 12.9. The van der Waals surface area contributed by atoms with Gasteiger partial charge in [-0.2, -0.15) is 5.26 Å². The molecule has 2 aromatic rings. The van der Waals surface area contributed by atoms with Crippen molar-refractivity contribution in [3.8, 4) is 6.07 Å². The molecule has 2 aromatic carbocycles. The topological polar surface area (TPSA) is 78.9 Å². The molecular weight excluding hydrogens is 274 g/mol. The monoisotopic (exact) mass is 293 g/mol. The number of carbonyl (C=O) groups is 1. The Morgan fingerprint density at radius 3 is 2.00 bits per heavy atom. The van der Waals surface area contributed by atoms with Gasteiger partial charge in [0.2, 0.25) is 5.91 Å². The first-order valence-electron chi connectivity index (χ1n) is 7.22. The molecule has 0 aliphatic heterocycles. The molecule has 0 saturated heterocycles. The lowest BCUT2D eigenvalue weighted by molar-refractivity contribution is -0.122. The third-order valence-electron chi connectivity index (χ3n) is 3.39. The smallest absolute Gasteiger partial charge is 0.238 e. The van der Waals surface area contributed by atoms with E-state index in [1.807, 2.05) is 60.7 Å². The molecule has 4 nitrogen and oxygen atoms in total. The molecule has 1 amide bonds. The minimum Gasteiger partial charge on any atom is -0.339 e. The van der Waals surface area contributed by atoms with Gasteiger partial charge < -0.3 is 11.1 Å². The van der Waals surface area contributed by atoms with E-state index in [0.717, 1.165) is 11.1 Å². The maximum Gasteiger partial charge on any atom is 0.238 e. The molecule has 3 N–H and O–H groups in total. The summed E-state index contributed by atoms with van der Waals surface area (Å²) in [4.78, 5) is 12.1. The van der Waals surface area contributed by atoms with Crippen LogP contribution in [-0.2, 0) is 17.6 Å². The van der Waals surface area contributed by atoms with Crippen LogP contribution in [0.5, 0.6) is 0 Å². The number of carbonyl (C=O) groups excluding carboxylic acids is 1. The van der Waals surface area contributed by atoms with Gasteiger partial charge in [-0.1, -0.05) is 60.7 Å². The van der Waals surface area contributed by atoms with Crippen molar-refractivity contribution in [2.45, 2.75) is 24.9 Å². The van der Waals surface area contributed by atoms with Gasteiger partial charge in [0.25, 0.3) is 0 Å². The van der Waals surface area contributed by atoms with Gasteiger partial charge in [-0.3, -0.25) is 4.79 Å². The van der Waals surface area contributed by atoms with Crippen molar-refractivity contribution >= 4 is 5.91 Å². The van der Waals surface area contributed by atoms with Crippen molar-refractivity contribution in [2.75, 3.05) is 0 Å². The van der Waals surface area contributed by atoms with Crippen LogP contribution in [0.3, 0.4) is 0 Å². The van der Waals surface area contributed by atoms with Gasteiger partial charge >= 0.3 is 0 Å². The summed E-state index contributed by atoms with van der Waals surface area (Å²) in [6.07, 6.45) is 0.928. The van der Waals surface area contributed by atoms with Gasteiger partial charge in [0.1, 0.15) is 6.04 Å². The summed E-state index contributed by atoms with van der Waals surface area (Å²) in [6, 6.07) is 20.1. The Morgan fingerprint density at radius 2 is 1.50 bits per heavy atom. The zero-order chi connectivity index (χ0) is 15.8. The van der Waals surface area contributed by atoms with Crippen LogP contribution < -0.4 is 11.1 Å². The lowest BCUT2D eigenvalue weighted by Crippen LogP contribution is -2.46. The largest absolute Gasteiger partial charge is 0.339 e. The van der Waals surface area contributed by atoms with Crippen molar-refractivity contribution in [1.29, 1.82) is 5.26 Å². The third kappa shape index (κ3) is 4.72. The van der Waals surface area contributed by atoms with Gasteiger partial charge in [0, 0.05) is 6.42 Å². The number of benzene rings is 2. The number of rotatable bonds is 6. The van der Waals surface area contributed by atoms with Crippen LogP contribution in [0.25, 0.3) is 0 Å². The van der Waals surface area contributed by atoms with Gasteiger partial charge in [-0.15, -0.1) is 0 Å². The molecule has 0 fully saturated rings. The predicted octanol–water partition coefficient (Wildman–Crippen LogP) is 1.81. The first-order valence-corrected chi connectivity index (χ1v) is 7.22. The molecule has 0 heterocycles. The Balaban J connectivity index is 1.90. The zero-order valence-electron chi connectivity index (χ0n) is 12.3. The average molecular weight is 293 g/mol. The van der Waals surface area contributed by atoms with E-state index in [-0.39, 0.29) is 5.91 Å². The van der Waals surface area contributed by atoms with E-state index in [2.05, 4.69) is 11.4 Å². The molecule has 4 heteroatoms. The molecule has 0 saturated carbocycles. The molecule has 0 bridgehead atoms. The number of nitriles is 1.